The van der Waals surface area contributed by atoms with Gasteiger partial charge in [0.05, 0.1) is 4.90 Å². The van der Waals surface area contributed by atoms with E-state index in [1.807, 2.05) is 20.1 Å². The maximum absolute atomic E-state index is 12.5. The van der Waals surface area contributed by atoms with Crippen molar-refractivity contribution < 1.29 is 13.5 Å². The van der Waals surface area contributed by atoms with E-state index in [1.54, 1.807) is 30.0 Å². The van der Waals surface area contributed by atoms with Crippen molar-refractivity contribution in [2.75, 3.05) is 18.6 Å². The van der Waals surface area contributed by atoms with Crippen molar-refractivity contribution in [2.24, 2.45) is 0 Å². The molecule has 0 saturated carbocycles. The molecule has 21 heavy (non-hydrogen) atoms. The van der Waals surface area contributed by atoms with E-state index in [0.717, 1.165) is 17.7 Å². The Morgan fingerprint density at radius 2 is 2.14 bits per heavy atom. The number of aliphatic hydroxyl groups is 1. The molecule has 0 aromatic heterocycles. The number of nitrogens with one attached hydrogen (secondary N) is 1. The monoisotopic (exact) mass is 327 g/mol. The van der Waals surface area contributed by atoms with Gasteiger partial charge in [0.25, 0.3) is 0 Å². The van der Waals surface area contributed by atoms with Gasteiger partial charge in [-0.05, 0) is 37.3 Å². The SMILES string of the molecule is CCC(CSC)NS(=O)(=O)c1ccc(C)cc1C#CCO. The molecule has 0 saturated heterocycles. The smallest absolute Gasteiger partial charge is 0.242 e. The fourth-order valence-electron chi connectivity index (χ4n) is 1.83. The Bertz CT molecular complexity index is 630. The van der Waals surface area contributed by atoms with Crippen molar-refractivity contribution in [3.05, 3.63) is 29.3 Å². The molecule has 0 radical (unpaired) electrons. The Morgan fingerprint density at radius 1 is 1.43 bits per heavy atom. The van der Waals surface area contributed by atoms with Crippen molar-refractivity contribution >= 4 is 21.8 Å². The summed E-state index contributed by atoms with van der Waals surface area (Å²) in [5, 5.41) is 8.80. The van der Waals surface area contributed by atoms with Crippen LogP contribution in [0.4, 0.5) is 0 Å². The van der Waals surface area contributed by atoms with Crippen LogP contribution in [0.25, 0.3) is 0 Å². The van der Waals surface area contributed by atoms with Crippen molar-refractivity contribution in [3.8, 4) is 11.8 Å². The Balaban J connectivity index is 3.18. The van der Waals surface area contributed by atoms with Gasteiger partial charge in [0.1, 0.15) is 6.61 Å². The summed E-state index contributed by atoms with van der Waals surface area (Å²) in [6.45, 7) is 3.52. The zero-order valence-electron chi connectivity index (χ0n) is 12.5. The Kier molecular flexibility index (Phi) is 7.26. The number of rotatable bonds is 6. The summed E-state index contributed by atoms with van der Waals surface area (Å²) < 4.78 is 27.8. The number of hydrogen-bond acceptors (Lipinski definition) is 4. The highest BCUT2D eigenvalue weighted by Crippen LogP contribution is 2.18. The molecule has 1 rings (SSSR count). The van der Waals surface area contributed by atoms with Crippen LogP contribution in [-0.4, -0.2) is 38.2 Å². The molecule has 6 heteroatoms. The summed E-state index contributed by atoms with van der Waals surface area (Å²) >= 11 is 1.60. The number of aryl methyl sites for hydroxylation is 1. The van der Waals surface area contributed by atoms with Gasteiger partial charge in [-0.1, -0.05) is 24.8 Å². The summed E-state index contributed by atoms with van der Waals surface area (Å²) in [5.41, 5.74) is 1.34. The second kappa shape index (κ2) is 8.44. The summed E-state index contributed by atoms with van der Waals surface area (Å²) in [6, 6.07) is 4.91. The number of benzene rings is 1. The first-order valence-corrected chi connectivity index (χ1v) is 9.54. The van der Waals surface area contributed by atoms with Gasteiger partial charge in [0, 0.05) is 17.4 Å². The number of aliphatic hydroxyl groups excluding tert-OH is 1. The fraction of sp³-hybridized carbons (Fsp3) is 0.467. The average Bonchev–Trinajstić information content (AvgIpc) is 2.44. The Labute approximate surface area is 131 Å². The average molecular weight is 327 g/mol. The topological polar surface area (TPSA) is 66.4 Å². The minimum atomic E-state index is -3.62. The van der Waals surface area contributed by atoms with Crippen LogP contribution in [0.1, 0.15) is 24.5 Å². The molecule has 0 amide bonds. The molecule has 0 aliphatic heterocycles. The zero-order valence-corrected chi connectivity index (χ0v) is 14.1. The molecule has 1 aromatic carbocycles. The molecule has 0 bridgehead atoms. The molecular weight excluding hydrogens is 306 g/mol. The third-order valence-corrected chi connectivity index (χ3v) is 5.22. The number of sulfonamides is 1. The zero-order chi connectivity index (χ0) is 15.9. The van der Waals surface area contributed by atoms with Crippen molar-refractivity contribution in [2.45, 2.75) is 31.2 Å². The predicted molar refractivity (Wildman–Crippen MR) is 87.9 cm³/mol. The summed E-state index contributed by atoms with van der Waals surface area (Å²) in [5.74, 6) is 5.94. The number of thioether (sulfide) groups is 1. The van der Waals surface area contributed by atoms with E-state index in [1.165, 1.54) is 0 Å². The highest BCUT2D eigenvalue weighted by atomic mass is 32.2. The molecule has 1 atom stereocenters. The molecule has 0 aliphatic carbocycles. The molecule has 2 N–H and O–H groups in total. The number of hydrogen-bond donors (Lipinski definition) is 2. The van der Waals surface area contributed by atoms with Crippen molar-refractivity contribution in [1.82, 2.24) is 4.72 Å². The van der Waals surface area contributed by atoms with Crippen LogP contribution in [0.5, 0.6) is 0 Å². The first kappa shape index (κ1) is 18.1. The summed E-state index contributed by atoms with van der Waals surface area (Å²) in [4.78, 5) is 0.161. The van der Waals surface area contributed by atoms with Gasteiger partial charge in [-0.2, -0.15) is 11.8 Å². The molecule has 4 nitrogen and oxygen atoms in total. The second-order valence-corrected chi connectivity index (χ2v) is 7.23. The molecule has 1 unspecified atom stereocenters. The lowest BCUT2D eigenvalue weighted by Gasteiger charge is -2.17. The molecule has 0 heterocycles. The summed E-state index contributed by atoms with van der Waals surface area (Å²) in [7, 11) is -3.62. The first-order valence-electron chi connectivity index (χ1n) is 6.66. The molecule has 0 fully saturated rings. The van der Waals surface area contributed by atoms with Crippen LogP contribution in [-0.2, 0) is 10.0 Å². The maximum atomic E-state index is 12.5. The quantitative estimate of drug-likeness (QED) is 0.781. The molecule has 0 aliphatic rings. The van der Waals surface area contributed by atoms with E-state index in [2.05, 4.69) is 16.6 Å². The van der Waals surface area contributed by atoms with Gasteiger partial charge in [-0.15, -0.1) is 0 Å². The second-order valence-electron chi connectivity index (χ2n) is 4.64. The van der Waals surface area contributed by atoms with Gasteiger partial charge in [0.2, 0.25) is 10.0 Å². The minimum Gasteiger partial charge on any atom is -0.384 e. The molecule has 1 aromatic rings. The van der Waals surface area contributed by atoms with Crippen LogP contribution < -0.4 is 4.72 Å². The van der Waals surface area contributed by atoms with Gasteiger partial charge in [-0.3, -0.25) is 0 Å². The van der Waals surface area contributed by atoms with E-state index in [0.29, 0.717) is 5.56 Å². The van der Waals surface area contributed by atoms with E-state index in [4.69, 9.17) is 5.11 Å². The van der Waals surface area contributed by atoms with E-state index >= 15 is 0 Å². The van der Waals surface area contributed by atoms with Gasteiger partial charge < -0.3 is 5.11 Å². The van der Waals surface area contributed by atoms with Crippen LogP contribution in [0.3, 0.4) is 0 Å². The van der Waals surface area contributed by atoms with E-state index in [9.17, 15) is 8.42 Å². The molecular formula is C15H21NO3S2. The van der Waals surface area contributed by atoms with Crippen LogP contribution in [0.15, 0.2) is 23.1 Å². The standard InChI is InChI=1S/C15H21NO3S2/c1-4-14(11-20-3)16-21(18,19)15-8-7-12(2)10-13(15)6-5-9-17/h7-8,10,14,16-17H,4,9,11H2,1-3H3. The lowest BCUT2D eigenvalue weighted by atomic mass is 10.1. The third-order valence-electron chi connectivity index (χ3n) is 2.91. The van der Waals surface area contributed by atoms with Crippen LogP contribution >= 0.6 is 11.8 Å². The minimum absolute atomic E-state index is 0.107. The van der Waals surface area contributed by atoms with Gasteiger partial charge in [-0.25, -0.2) is 13.1 Å². The first-order chi connectivity index (χ1) is 9.94. The van der Waals surface area contributed by atoms with Gasteiger partial charge >= 0.3 is 0 Å². The lowest BCUT2D eigenvalue weighted by Crippen LogP contribution is -2.36. The van der Waals surface area contributed by atoms with E-state index in [-0.39, 0.29) is 17.5 Å². The molecule has 0 spiro atoms. The van der Waals surface area contributed by atoms with Crippen LogP contribution in [0, 0.1) is 18.8 Å². The Morgan fingerprint density at radius 3 is 2.71 bits per heavy atom. The highest BCUT2D eigenvalue weighted by Gasteiger charge is 2.21. The van der Waals surface area contributed by atoms with Crippen LogP contribution in [0.2, 0.25) is 0 Å². The fourth-order valence-corrected chi connectivity index (χ4v) is 4.12. The normalized spacial score (nSPS) is 12.6. The lowest BCUT2D eigenvalue weighted by molar-refractivity contribution is 0.350. The Hall–Kier alpha value is -1.00. The van der Waals surface area contributed by atoms with Crippen molar-refractivity contribution in [1.29, 1.82) is 0 Å². The largest absolute Gasteiger partial charge is 0.384 e. The summed E-state index contributed by atoms with van der Waals surface area (Å²) in [6.07, 6.45) is 2.67. The molecule has 116 valence electrons. The van der Waals surface area contributed by atoms with E-state index < -0.39 is 10.0 Å². The van der Waals surface area contributed by atoms with Gasteiger partial charge in [0.15, 0.2) is 0 Å². The predicted octanol–water partition coefficient (Wildman–Crippen LogP) is 1.76. The maximum Gasteiger partial charge on any atom is 0.242 e. The highest BCUT2D eigenvalue weighted by molar-refractivity contribution is 7.98. The van der Waals surface area contributed by atoms with Crippen molar-refractivity contribution in [3.63, 3.8) is 0 Å². The third kappa shape index (κ3) is 5.36.